The van der Waals surface area contributed by atoms with E-state index in [2.05, 4.69) is 0 Å². The van der Waals surface area contributed by atoms with Crippen LogP contribution in [0.15, 0.2) is 24.3 Å². The van der Waals surface area contributed by atoms with Crippen LogP contribution < -0.4 is 4.74 Å². The smallest absolute Gasteiger partial charge is 0.307 e. The van der Waals surface area contributed by atoms with Crippen molar-refractivity contribution in [2.45, 2.75) is 25.7 Å². The minimum Gasteiger partial charge on any atom is -0.494 e. The van der Waals surface area contributed by atoms with Gasteiger partial charge in [0.25, 0.3) is 0 Å². The van der Waals surface area contributed by atoms with Crippen LogP contribution in [0.4, 0.5) is 0 Å². The summed E-state index contributed by atoms with van der Waals surface area (Å²) in [5, 5.41) is 8.98. The normalized spacial score (nSPS) is 23.6. The second kappa shape index (κ2) is 4.56. The fourth-order valence-corrected chi connectivity index (χ4v) is 2.17. The highest BCUT2D eigenvalue weighted by Crippen LogP contribution is 2.42. The minimum atomic E-state index is -0.676. The van der Waals surface area contributed by atoms with Crippen LogP contribution in [-0.2, 0) is 4.79 Å². The predicted molar refractivity (Wildman–Crippen MR) is 60.7 cm³/mol. The molecule has 0 bridgehead atoms. The third-order valence-electron chi connectivity index (χ3n) is 3.21. The zero-order valence-corrected chi connectivity index (χ0v) is 9.35. The molecule has 0 amide bonds. The maximum atomic E-state index is 10.9. The van der Waals surface area contributed by atoms with E-state index >= 15 is 0 Å². The van der Waals surface area contributed by atoms with Gasteiger partial charge in [0, 0.05) is 0 Å². The Kier molecular flexibility index (Phi) is 3.13. The molecule has 2 atom stereocenters. The number of ether oxygens (including phenoxy) is 1. The van der Waals surface area contributed by atoms with Crippen LogP contribution >= 0.6 is 0 Å². The molecule has 3 nitrogen and oxygen atoms in total. The molecular weight excluding hydrogens is 204 g/mol. The predicted octanol–water partition coefficient (Wildman–Crippen LogP) is 2.66. The monoisotopic (exact) mass is 220 g/mol. The summed E-state index contributed by atoms with van der Waals surface area (Å²) >= 11 is 0. The molecule has 16 heavy (non-hydrogen) atoms. The molecule has 1 fully saturated rings. The number of carboxylic acids is 1. The van der Waals surface area contributed by atoms with Crippen LogP contribution in [0.2, 0.25) is 0 Å². The first-order chi connectivity index (χ1) is 7.72. The molecule has 3 heteroatoms. The van der Waals surface area contributed by atoms with Crippen molar-refractivity contribution in [2.75, 3.05) is 6.61 Å². The average molecular weight is 220 g/mol. The van der Waals surface area contributed by atoms with Crippen LogP contribution in [0.5, 0.6) is 5.75 Å². The third-order valence-corrected chi connectivity index (χ3v) is 3.21. The Balaban J connectivity index is 2.07. The van der Waals surface area contributed by atoms with Crippen LogP contribution in [-0.4, -0.2) is 17.7 Å². The second-order valence-corrected chi connectivity index (χ2v) is 4.13. The van der Waals surface area contributed by atoms with Gasteiger partial charge in [0.15, 0.2) is 0 Å². The molecule has 0 spiro atoms. The van der Waals surface area contributed by atoms with Crippen molar-refractivity contribution in [3.05, 3.63) is 29.8 Å². The standard InChI is InChI=1S/C13H16O3/c1-2-16-10-5-3-9(4-6-10)11-7-8-12(11)13(14)15/h3-6,11-12H,2,7-8H2,1H3,(H,14,15). The van der Waals surface area contributed by atoms with Gasteiger partial charge in [-0.1, -0.05) is 12.1 Å². The van der Waals surface area contributed by atoms with Crippen molar-refractivity contribution >= 4 is 5.97 Å². The minimum absolute atomic E-state index is 0.188. The van der Waals surface area contributed by atoms with Gasteiger partial charge >= 0.3 is 5.97 Å². The van der Waals surface area contributed by atoms with Crippen LogP contribution in [0.25, 0.3) is 0 Å². The average Bonchev–Trinajstić information content (AvgIpc) is 2.18. The molecule has 1 saturated carbocycles. The number of hydrogen-bond donors (Lipinski definition) is 1. The second-order valence-electron chi connectivity index (χ2n) is 4.13. The molecule has 1 aromatic carbocycles. The summed E-state index contributed by atoms with van der Waals surface area (Å²) in [6.07, 6.45) is 1.78. The lowest BCUT2D eigenvalue weighted by molar-refractivity contribution is -0.145. The summed E-state index contributed by atoms with van der Waals surface area (Å²) in [7, 11) is 0. The number of benzene rings is 1. The highest BCUT2D eigenvalue weighted by Gasteiger charge is 2.37. The van der Waals surface area contributed by atoms with Gasteiger partial charge < -0.3 is 9.84 Å². The maximum absolute atomic E-state index is 10.9. The highest BCUT2D eigenvalue weighted by molar-refractivity contribution is 5.72. The molecule has 1 aromatic rings. The lowest BCUT2D eigenvalue weighted by atomic mass is 9.70. The van der Waals surface area contributed by atoms with Gasteiger partial charge in [0.05, 0.1) is 12.5 Å². The third kappa shape index (κ3) is 2.03. The Morgan fingerprint density at radius 3 is 2.50 bits per heavy atom. The van der Waals surface area contributed by atoms with Crippen molar-refractivity contribution in [3.8, 4) is 5.75 Å². The maximum Gasteiger partial charge on any atom is 0.307 e. The summed E-state index contributed by atoms with van der Waals surface area (Å²) in [5.74, 6) is 0.161. The van der Waals surface area contributed by atoms with Gasteiger partial charge in [0.2, 0.25) is 0 Å². The number of carboxylic acid groups (broad SMARTS) is 1. The lowest BCUT2D eigenvalue weighted by Crippen LogP contribution is -2.30. The fourth-order valence-electron chi connectivity index (χ4n) is 2.17. The molecule has 0 heterocycles. The van der Waals surface area contributed by atoms with E-state index in [0.29, 0.717) is 6.61 Å². The Bertz CT molecular complexity index is 369. The van der Waals surface area contributed by atoms with E-state index in [1.54, 1.807) is 0 Å². The SMILES string of the molecule is CCOc1ccc(C2CCC2C(=O)O)cc1. The first-order valence-electron chi connectivity index (χ1n) is 5.68. The highest BCUT2D eigenvalue weighted by atomic mass is 16.5. The van der Waals surface area contributed by atoms with E-state index in [1.807, 2.05) is 31.2 Å². The van der Waals surface area contributed by atoms with Gasteiger partial charge in [0.1, 0.15) is 5.75 Å². The van der Waals surface area contributed by atoms with Crippen molar-refractivity contribution < 1.29 is 14.6 Å². The van der Waals surface area contributed by atoms with Crippen molar-refractivity contribution in [3.63, 3.8) is 0 Å². The van der Waals surface area contributed by atoms with E-state index in [9.17, 15) is 4.79 Å². The number of rotatable bonds is 4. The molecule has 2 rings (SSSR count). The van der Waals surface area contributed by atoms with E-state index in [1.165, 1.54) is 0 Å². The Labute approximate surface area is 95.0 Å². The number of carbonyl (C=O) groups is 1. The molecule has 0 aliphatic heterocycles. The zero-order chi connectivity index (χ0) is 11.5. The Morgan fingerprint density at radius 2 is 2.06 bits per heavy atom. The lowest BCUT2D eigenvalue weighted by Gasteiger charge is -2.33. The summed E-state index contributed by atoms with van der Waals surface area (Å²) in [5.41, 5.74) is 1.11. The molecule has 0 saturated heterocycles. The van der Waals surface area contributed by atoms with Crippen molar-refractivity contribution in [1.29, 1.82) is 0 Å². The molecule has 1 aliphatic carbocycles. The summed E-state index contributed by atoms with van der Waals surface area (Å²) in [6, 6.07) is 7.78. The van der Waals surface area contributed by atoms with Gasteiger partial charge in [-0.2, -0.15) is 0 Å². The zero-order valence-electron chi connectivity index (χ0n) is 9.35. The van der Waals surface area contributed by atoms with E-state index in [4.69, 9.17) is 9.84 Å². The van der Waals surface area contributed by atoms with Crippen LogP contribution in [0.3, 0.4) is 0 Å². The molecule has 2 unspecified atom stereocenters. The molecule has 0 aromatic heterocycles. The quantitative estimate of drug-likeness (QED) is 0.848. The first-order valence-corrected chi connectivity index (χ1v) is 5.68. The molecule has 1 N–H and O–H groups in total. The molecule has 1 aliphatic rings. The van der Waals surface area contributed by atoms with E-state index in [-0.39, 0.29) is 11.8 Å². The summed E-state index contributed by atoms with van der Waals surface area (Å²) in [6.45, 7) is 2.60. The van der Waals surface area contributed by atoms with Gasteiger partial charge in [-0.05, 0) is 43.4 Å². The molecule has 86 valence electrons. The summed E-state index contributed by atoms with van der Waals surface area (Å²) < 4.78 is 5.35. The van der Waals surface area contributed by atoms with Crippen LogP contribution in [0.1, 0.15) is 31.2 Å². The summed E-state index contributed by atoms with van der Waals surface area (Å²) in [4.78, 5) is 10.9. The van der Waals surface area contributed by atoms with Gasteiger partial charge in [-0.25, -0.2) is 0 Å². The van der Waals surface area contributed by atoms with Gasteiger partial charge in [-0.15, -0.1) is 0 Å². The fraction of sp³-hybridized carbons (Fsp3) is 0.462. The van der Waals surface area contributed by atoms with Crippen molar-refractivity contribution in [2.24, 2.45) is 5.92 Å². The molecular formula is C13H16O3. The van der Waals surface area contributed by atoms with Crippen molar-refractivity contribution in [1.82, 2.24) is 0 Å². The Hall–Kier alpha value is -1.51. The first kappa shape index (κ1) is 11.0. The topological polar surface area (TPSA) is 46.5 Å². The van der Waals surface area contributed by atoms with Crippen LogP contribution in [0, 0.1) is 5.92 Å². The van der Waals surface area contributed by atoms with Gasteiger partial charge in [-0.3, -0.25) is 4.79 Å². The number of aliphatic carboxylic acids is 1. The largest absolute Gasteiger partial charge is 0.494 e. The number of hydrogen-bond acceptors (Lipinski definition) is 2. The van der Waals surface area contributed by atoms with E-state index in [0.717, 1.165) is 24.2 Å². The molecule has 0 radical (unpaired) electrons. The van der Waals surface area contributed by atoms with E-state index < -0.39 is 5.97 Å². The Morgan fingerprint density at radius 1 is 1.38 bits per heavy atom.